The molecule has 1 aromatic rings. The third kappa shape index (κ3) is 7.84. The maximum atomic E-state index is 11.9. The standard InChI is InChI=1S/C15H16ClF3O2/c1-12-10-13(4-2-3-7-16)5-6-14(12)21-9-8-20-11-15(17,18)19/h5-6,10H,3,7-9,11H2,1H3. The van der Waals surface area contributed by atoms with Crippen molar-refractivity contribution in [2.24, 2.45) is 0 Å². The second-order valence-corrected chi connectivity index (χ2v) is 4.62. The first-order valence-corrected chi connectivity index (χ1v) is 6.88. The molecule has 0 unspecified atom stereocenters. The minimum Gasteiger partial charge on any atom is -0.491 e. The van der Waals surface area contributed by atoms with Crippen LogP contribution in [0, 0.1) is 18.8 Å². The number of rotatable bonds is 6. The third-order valence-corrected chi connectivity index (χ3v) is 2.57. The van der Waals surface area contributed by atoms with Gasteiger partial charge in [-0.25, -0.2) is 0 Å². The van der Waals surface area contributed by atoms with Crippen LogP contribution in [0.2, 0.25) is 0 Å². The van der Waals surface area contributed by atoms with Crippen molar-refractivity contribution in [1.29, 1.82) is 0 Å². The van der Waals surface area contributed by atoms with Gasteiger partial charge in [0, 0.05) is 17.9 Å². The van der Waals surface area contributed by atoms with E-state index in [1.54, 1.807) is 12.1 Å². The minimum atomic E-state index is -4.31. The summed E-state index contributed by atoms with van der Waals surface area (Å²) in [5, 5.41) is 0. The fourth-order valence-electron chi connectivity index (χ4n) is 1.50. The smallest absolute Gasteiger partial charge is 0.411 e. The lowest BCUT2D eigenvalue weighted by Gasteiger charge is -2.11. The Morgan fingerprint density at radius 2 is 2.00 bits per heavy atom. The molecule has 0 aromatic heterocycles. The van der Waals surface area contributed by atoms with Gasteiger partial charge in [-0.3, -0.25) is 0 Å². The first kappa shape index (κ1) is 17.7. The summed E-state index contributed by atoms with van der Waals surface area (Å²) in [5.74, 6) is 6.99. The van der Waals surface area contributed by atoms with Crippen molar-refractivity contribution in [2.45, 2.75) is 19.5 Å². The van der Waals surface area contributed by atoms with Gasteiger partial charge in [0.05, 0.1) is 6.61 Å². The highest BCUT2D eigenvalue weighted by molar-refractivity contribution is 6.18. The Morgan fingerprint density at radius 3 is 2.62 bits per heavy atom. The van der Waals surface area contributed by atoms with E-state index >= 15 is 0 Å². The minimum absolute atomic E-state index is 0.0637. The zero-order valence-electron chi connectivity index (χ0n) is 11.6. The fourth-order valence-corrected chi connectivity index (χ4v) is 1.59. The average Bonchev–Trinajstić information content (AvgIpc) is 2.39. The van der Waals surface area contributed by atoms with E-state index in [9.17, 15) is 13.2 Å². The van der Waals surface area contributed by atoms with Crippen molar-refractivity contribution in [3.63, 3.8) is 0 Å². The molecule has 0 N–H and O–H groups in total. The van der Waals surface area contributed by atoms with E-state index in [1.807, 2.05) is 13.0 Å². The lowest BCUT2D eigenvalue weighted by atomic mass is 10.1. The first-order chi connectivity index (χ1) is 9.92. The van der Waals surface area contributed by atoms with Crippen molar-refractivity contribution in [2.75, 3.05) is 25.7 Å². The van der Waals surface area contributed by atoms with E-state index in [2.05, 4.69) is 16.6 Å². The molecule has 0 saturated carbocycles. The SMILES string of the molecule is Cc1cc(C#CCCCl)ccc1OCCOCC(F)(F)F. The van der Waals surface area contributed by atoms with Crippen LogP contribution in [0.15, 0.2) is 18.2 Å². The lowest BCUT2D eigenvalue weighted by Crippen LogP contribution is -2.19. The van der Waals surface area contributed by atoms with Crippen LogP contribution in [-0.2, 0) is 4.74 Å². The normalized spacial score (nSPS) is 10.9. The molecule has 0 aliphatic carbocycles. The van der Waals surface area contributed by atoms with Gasteiger partial charge in [0.15, 0.2) is 0 Å². The quantitative estimate of drug-likeness (QED) is 0.449. The Kier molecular flexibility index (Phi) is 7.41. The lowest BCUT2D eigenvalue weighted by molar-refractivity contribution is -0.175. The molecule has 1 aromatic carbocycles. The van der Waals surface area contributed by atoms with E-state index in [0.717, 1.165) is 11.1 Å². The van der Waals surface area contributed by atoms with Crippen molar-refractivity contribution in [3.05, 3.63) is 29.3 Å². The van der Waals surface area contributed by atoms with Crippen molar-refractivity contribution < 1.29 is 22.6 Å². The fraction of sp³-hybridized carbons (Fsp3) is 0.467. The summed E-state index contributed by atoms with van der Waals surface area (Å²) in [6.07, 6.45) is -3.69. The van der Waals surface area contributed by atoms with E-state index in [4.69, 9.17) is 16.3 Å². The Hall–Kier alpha value is -1.38. The highest BCUT2D eigenvalue weighted by Crippen LogP contribution is 2.19. The van der Waals surface area contributed by atoms with Crippen LogP contribution in [0.3, 0.4) is 0 Å². The van der Waals surface area contributed by atoms with Gasteiger partial charge in [-0.1, -0.05) is 11.8 Å². The topological polar surface area (TPSA) is 18.5 Å². The van der Waals surface area contributed by atoms with Gasteiger partial charge in [0.2, 0.25) is 0 Å². The number of halogens is 4. The predicted octanol–water partition coefficient (Wildman–Crippen LogP) is 3.93. The Labute approximate surface area is 127 Å². The zero-order chi connectivity index (χ0) is 15.7. The third-order valence-electron chi connectivity index (χ3n) is 2.38. The van der Waals surface area contributed by atoms with E-state index in [1.165, 1.54) is 0 Å². The van der Waals surface area contributed by atoms with Crippen LogP contribution in [-0.4, -0.2) is 31.9 Å². The van der Waals surface area contributed by atoms with Crippen LogP contribution in [0.25, 0.3) is 0 Å². The molecule has 0 amide bonds. The van der Waals surface area contributed by atoms with Crippen LogP contribution < -0.4 is 4.74 Å². The predicted molar refractivity (Wildman–Crippen MR) is 75.8 cm³/mol. The van der Waals surface area contributed by atoms with Gasteiger partial charge in [0.25, 0.3) is 0 Å². The molecular weight excluding hydrogens is 305 g/mol. The molecule has 2 nitrogen and oxygen atoms in total. The van der Waals surface area contributed by atoms with Gasteiger partial charge in [0.1, 0.15) is 19.0 Å². The van der Waals surface area contributed by atoms with E-state index in [-0.39, 0.29) is 13.2 Å². The zero-order valence-corrected chi connectivity index (χ0v) is 12.4. The van der Waals surface area contributed by atoms with Crippen LogP contribution >= 0.6 is 11.6 Å². The van der Waals surface area contributed by atoms with Crippen molar-refractivity contribution in [3.8, 4) is 17.6 Å². The molecule has 1 rings (SSSR count). The molecule has 0 saturated heterocycles. The number of benzene rings is 1. The van der Waals surface area contributed by atoms with Crippen molar-refractivity contribution in [1.82, 2.24) is 0 Å². The van der Waals surface area contributed by atoms with Crippen molar-refractivity contribution >= 4 is 11.6 Å². The number of ether oxygens (including phenoxy) is 2. The van der Waals surface area contributed by atoms with Gasteiger partial charge >= 0.3 is 6.18 Å². The molecule has 0 spiro atoms. The summed E-state index contributed by atoms with van der Waals surface area (Å²) in [6.45, 7) is 0.535. The number of aryl methyl sites for hydroxylation is 1. The van der Waals surface area contributed by atoms with E-state index < -0.39 is 12.8 Å². The maximum absolute atomic E-state index is 11.9. The van der Waals surface area contributed by atoms with Crippen LogP contribution in [0.5, 0.6) is 5.75 Å². The summed E-state index contributed by atoms with van der Waals surface area (Å²) >= 11 is 5.53. The molecule has 0 fully saturated rings. The molecular formula is C15H16ClF3O2. The van der Waals surface area contributed by atoms with Gasteiger partial charge in [-0.15, -0.1) is 11.6 Å². The summed E-state index contributed by atoms with van der Waals surface area (Å²) in [5.41, 5.74) is 1.71. The Morgan fingerprint density at radius 1 is 1.24 bits per heavy atom. The van der Waals surface area contributed by atoms with Crippen LogP contribution in [0.1, 0.15) is 17.5 Å². The molecule has 116 valence electrons. The molecule has 0 heterocycles. The maximum Gasteiger partial charge on any atom is 0.411 e. The second-order valence-electron chi connectivity index (χ2n) is 4.24. The Balaban J connectivity index is 2.41. The number of hydrogen-bond acceptors (Lipinski definition) is 2. The molecule has 21 heavy (non-hydrogen) atoms. The summed E-state index contributed by atoms with van der Waals surface area (Å²) in [6, 6.07) is 5.39. The van der Waals surface area contributed by atoms with Gasteiger partial charge < -0.3 is 9.47 Å². The number of hydrogen-bond donors (Lipinski definition) is 0. The largest absolute Gasteiger partial charge is 0.491 e. The summed E-state index contributed by atoms with van der Waals surface area (Å²) < 4.78 is 45.4. The first-order valence-electron chi connectivity index (χ1n) is 6.35. The molecule has 0 bridgehead atoms. The summed E-state index contributed by atoms with van der Waals surface area (Å²) in [4.78, 5) is 0. The highest BCUT2D eigenvalue weighted by Gasteiger charge is 2.27. The van der Waals surface area contributed by atoms with Gasteiger partial charge in [-0.2, -0.15) is 13.2 Å². The van der Waals surface area contributed by atoms with Crippen LogP contribution in [0.4, 0.5) is 13.2 Å². The molecule has 0 aliphatic rings. The summed E-state index contributed by atoms with van der Waals surface area (Å²) in [7, 11) is 0. The monoisotopic (exact) mass is 320 g/mol. The van der Waals surface area contributed by atoms with Gasteiger partial charge in [-0.05, 0) is 30.7 Å². The Bertz CT molecular complexity index is 504. The highest BCUT2D eigenvalue weighted by atomic mass is 35.5. The molecule has 0 radical (unpaired) electrons. The number of alkyl halides is 4. The van der Waals surface area contributed by atoms with E-state index in [0.29, 0.717) is 18.1 Å². The molecule has 6 heteroatoms. The molecule has 0 aliphatic heterocycles. The second kappa shape index (κ2) is 8.81. The average molecular weight is 321 g/mol. The molecule has 0 atom stereocenters.